The lowest BCUT2D eigenvalue weighted by molar-refractivity contribution is -0.137. The first kappa shape index (κ1) is 18.3. The number of benzene rings is 2. The normalized spacial score (nSPS) is 11.4. The molecule has 0 fully saturated rings. The number of nitrogens with one attached hydrogen (secondary N) is 1. The predicted octanol–water partition coefficient (Wildman–Crippen LogP) is 3.53. The third kappa shape index (κ3) is 5.84. The SMILES string of the molecule is CCOc1ccccc1C(CC(=O)O)NC(=O)OCc1ccccc1. The molecule has 0 saturated heterocycles. The van der Waals surface area contributed by atoms with Gasteiger partial charge in [-0.1, -0.05) is 48.5 Å². The molecule has 0 aromatic heterocycles. The smallest absolute Gasteiger partial charge is 0.407 e. The molecule has 0 heterocycles. The molecule has 1 amide bonds. The molecule has 25 heavy (non-hydrogen) atoms. The van der Waals surface area contributed by atoms with Crippen LogP contribution in [0.4, 0.5) is 4.79 Å². The predicted molar refractivity (Wildman–Crippen MR) is 92.4 cm³/mol. The van der Waals surface area contributed by atoms with Gasteiger partial charge in [0.25, 0.3) is 0 Å². The van der Waals surface area contributed by atoms with Gasteiger partial charge in [0.2, 0.25) is 0 Å². The summed E-state index contributed by atoms with van der Waals surface area (Å²) in [5.74, 6) is -0.487. The van der Waals surface area contributed by atoms with E-state index in [1.54, 1.807) is 24.3 Å². The summed E-state index contributed by atoms with van der Waals surface area (Å²) in [6.07, 6.45) is -0.953. The summed E-state index contributed by atoms with van der Waals surface area (Å²) in [4.78, 5) is 23.3. The molecule has 2 rings (SSSR count). The Morgan fingerprint density at radius 3 is 2.44 bits per heavy atom. The van der Waals surface area contributed by atoms with Crippen molar-refractivity contribution in [2.45, 2.75) is 26.0 Å². The summed E-state index contributed by atoms with van der Waals surface area (Å²) in [5.41, 5.74) is 1.45. The van der Waals surface area contributed by atoms with Gasteiger partial charge < -0.3 is 19.9 Å². The van der Waals surface area contributed by atoms with Crippen molar-refractivity contribution in [3.63, 3.8) is 0 Å². The van der Waals surface area contributed by atoms with Gasteiger partial charge in [-0.15, -0.1) is 0 Å². The zero-order valence-electron chi connectivity index (χ0n) is 14.0. The molecule has 6 heteroatoms. The van der Waals surface area contributed by atoms with Crippen LogP contribution >= 0.6 is 0 Å². The maximum Gasteiger partial charge on any atom is 0.407 e. The van der Waals surface area contributed by atoms with Gasteiger partial charge >= 0.3 is 12.1 Å². The number of rotatable bonds is 8. The van der Waals surface area contributed by atoms with Gasteiger partial charge in [-0.2, -0.15) is 0 Å². The van der Waals surface area contributed by atoms with Crippen LogP contribution in [0.3, 0.4) is 0 Å². The molecule has 6 nitrogen and oxygen atoms in total. The number of aliphatic carboxylic acids is 1. The van der Waals surface area contributed by atoms with Gasteiger partial charge in [-0.3, -0.25) is 4.79 Å². The van der Waals surface area contributed by atoms with Crippen LogP contribution < -0.4 is 10.1 Å². The Balaban J connectivity index is 2.07. The van der Waals surface area contributed by atoms with E-state index in [4.69, 9.17) is 14.6 Å². The van der Waals surface area contributed by atoms with Crippen molar-refractivity contribution in [2.24, 2.45) is 0 Å². The number of carboxylic acids is 1. The van der Waals surface area contributed by atoms with Gasteiger partial charge in [0.15, 0.2) is 0 Å². The molecule has 0 aliphatic heterocycles. The summed E-state index contributed by atoms with van der Waals surface area (Å²) in [6.45, 7) is 2.39. The van der Waals surface area contributed by atoms with Crippen LogP contribution in [0.5, 0.6) is 5.75 Å². The number of carboxylic acid groups (broad SMARTS) is 1. The summed E-state index contributed by atoms with van der Waals surface area (Å²) in [7, 11) is 0. The zero-order valence-corrected chi connectivity index (χ0v) is 14.0. The Hall–Kier alpha value is -3.02. The van der Waals surface area contributed by atoms with Gasteiger partial charge in [0, 0.05) is 5.56 Å². The average molecular weight is 343 g/mol. The van der Waals surface area contributed by atoms with Gasteiger partial charge in [0.05, 0.1) is 19.1 Å². The maximum atomic E-state index is 12.1. The Morgan fingerprint density at radius 1 is 1.08 bits per heavy atom. The van der Waals surface area contributed by atoms with E-state index in [0.717, 1.165) is 5.56 Å². The minimum absolute atomic E-state index is 0.111. The van der Waals surface area contributed by atoms with Crippen molar-refractivity contribution in [3.05, 3.63) is 65.7 Å². The summed E-state index contributed by atoms with van der Waals surface area (Å²) < 4.78 is 10.7. The lowest BCUT2D eigenvalue weighted by atomic mass is 10.0. The standard InChI is InChI=1S/C19H21NO5/c1-2-24-17-11-7-6-10-15(17)16(12-18(21)22)20-19(23)25-13-14-8-4-3-5-9-14/h3-11,16H,2,12-13H2,1H3,(H,20,23)(H,21,22). The first-order valence-corrected chi connectivity index (χ1v) is 8.01. The number of hydrogen-bond donors (Lipinski definition) is 2. The summed E-state index contributed by atoms with van der Waals surface area (Å²) >= 11 is 0. The highest BCUT2D eigenvalue weighted by atomic mass is 16.5. The third-order valence-corrected chi connectivity index (χ3v) is 3.48. The molecule has 0 radical (unpaired) electrons. The quantitative estimate of drug-likeness (QED) is 0.766. The van der Waals surface area contributed by atoms with Crippen molar-refractivity contribution in [1.29, 1.82) is 0 Å². The molecular weight excluding hydrogens is 322 g/mol. The number of hydrogen-bond acceptors (Lipinski definition) is 4. The maximum absolute atomic E-state index is 12.1. The molecule has 132 valence electrons. The van der Waals surface area contributed by atoms with Crippen LogP contribution in [-0.4, -0.2) is 23.8 Å². The van der Waals surface area contributed by atoms with Crippen LogP contribution in [-0.2, 0) is 16.1 Å². The fourth-order valence-electron chi connectivity index (χ4n) is 2.38. The van der Waals surface area contributed by atoms with Crippen molar-refractivity contribution in [1.82, 2.24) is 5.32 Å². The number of carbonyl (C=O) groups is 2. The largest absolute Gasteiger partial charge is 0.494 e. The van der Waals surface area contributed by atoms with Gasteiger partial charge in [-0.05, 0) is 18.6 Å². The van der Waals surface area contributed by atoms with E-state index in [0.29, 0.717) is 17.9 Å². The number of para-hydroxylation sites is 1. The molecule has 2 N–H and O–H groups in total. The highest BCUT2D eigenvalue weighted by Crippen LogP contribution is 2.27. The van der Waals surface area contributed by atoms with Gasteiger partial charge in [-0.25, -0.2) is 4.79 Å². The van der Waals surface area contributed by atoms with E-state index >= 15 is 0 Å². The molecule has 0 saturated carbocycles. The summed E-state index contributed by atoms with van der Waals surface area (Å²) in [5, 5.41) is 11.8. The fraction of sp³-hybridized carbons (Fsp3) is 0.263. The molecule has 2 aromatic rings. The van der Waals surface area contributed by atoms with Gasteiger partial charge in [0.1, 0.15) is 12.4 Å². The highest BCUT2D eigenvalue weighted by molar-refractivity contribution is 5.72. The lowest BCUT2D eigenvalue weighted by Gasteiger charge is -2.20. The molecule has 1 unspecified atom stereocenters. The number of carbonyl (C=O) groups excluding carboxylic acids is 1. The van der Waals surface area contributed by atoms with E-state index < -0.39 is 18.1 Å². The highest BCUT2D eigenvalue weighted by Gasteiger charge is 2.22. The van der Waals surface area contributed by atoms with Crippen LogP contribution in [0.1, 0.15) is 30.5 Å². The minimum Gasteiger partial charge on any atom is -0.494 e. The van der Waals surface area contributed by atoms with Crippen LogP contribution in [0.2, 0.25) is 0 Å². The number of amides is 1. The second-order valence-corrected chi connectivity index (χ2v) is 5.33. The van der Waals surface area contributed by atoms with Crippen molar-refractivity contribution in [2.75, 3.05) is 6.61 Å². The van der Waals surface area contributed by atoms with Crippen LogP contribution in [0.15, 0.2) is 54.6 Å². The van der Waals surface area contributed by atoms with Crippen LogP contribution in [0.25, 0.3) is 0 Å². The fourth-order valence-corrected chi connectivity index (χ4v) is 2.38. The van der Waals surface area contributed by atoms with E-state index in [1.807, 2.05) is 37.3 Å². The minimum atomic E-state index is -1.03. The second-order valence-electron chi connectivity index (χ2n) is 5.33. The zero-order chi connectivity index (χ0) is 18.1. The van der Waals surface area contributed by atoms with E-state index in [9.17, 15) is 9.59 Å². The van der Waals surface area contributed by atoms with Crippen molar-refractivity contribution in [3.8, 4) is 5.75 Å². The first-order chi connectivity index (χ1) is 12.1. The van der Waals surface area contributed by atoms with Crippen molar-refractivity contribution < 1.29 is 24.2 Å². The second kappa shape index (κ2) is 9.32. The average Bonchev–Trinajstić information content (AvgIpc) is 2.61. The molecule has 0 aliphatic carbocycles. The Labute approximate surface area is 146 Å². The lowest BCUT2D eigenvalue weighted by Crippen LogP contribution is -2.31. The van der Waals surface area contributed by atoms with E-state index in [1.165, 1.54) is 0 Å². The summed E-state index contributed by atoms with van der Waals surface area (Å²) in [6, 6.07) is 15.5. The monoisotopic (exact) mass is 343 g/mol. The first-order valence-electron chi connectivity index (χ1n) is 8.01. The number of alkyl carbamates (subject to hydrolysis) is 1. The number of ether oxygens (including phenoxy) is 2. The van der Waals surface area contributed by atoms with Crippen molar-refractivity contribution >= 4 is 12.1 Å². The molecule has 0 spiro atoms. The van der Waals surface area contributed by atoms with Crippen LogP contribution in [0, 0.1) is 0 Å². The molecule has 0 bridgehead atoms. The molecule has 1 atom stereocenters. The Bertz CT molecular complexity index is 702. The Kier molecular flexibility index (Phi) is 6.83. The van der Waals surface area contributed by atoms with E-state index in [2.05, 4.69) is 5.32 Å². The Morgan fingerprint density at radius 2 is 1.76 bits per heavy atom. The topological polar surface area (TPSA) is 84.9 Å². The van der Waals surface area contributed by atoms with E-state index in [-0.39, 0.29) is 13.0 Å². The molecular formula is C19H21NO5. The molecule has 2 aromatic carbocycles. The third-order valence-electron chi connectivity index (χ3n) is 3.48. The molecule has 0 aliphatic rings.